The summed E-state index contributed by atoms with van der Waals surface area (Å²) in [5.74, 6) is -0.953. The van der Waals surface area contributed by atoms with E-state index >= 15 is 0 Å². The average Bonchev–Trinajstić information content (AvgIpc) is 2.62. The molecule has 1 aliphatic heterocycles. The first kappa shape index (κ1) is 9.65. The molecule has 76 valence electrons. The number of allylic oxidation sites excluding steroid dienone is 1. The fourth-order valence-electron chi connectivity index (χ4n) is 1.69. The summed E-state index contributed by atoms with van der Waals surface area (Å²) in [4.78, 5) is 15.0. The van der Waals surface area contributed by atoms with Gasteiger partial charge in [-0.25, -0.2) is 9.79 Å². The Labute approximate surface area is 87.8 Å². The second-order valence-electron chi connectivity index (χ2n) is 3.52. The van der Waals surface area contributed by atoms with Crippen molar-refractivity contribution in [1.29, 1.82) is 0 Å². The largest absolute Gasteiger partial charge is 0.477 e. The number of carbonyl (C=O) groups is 1. The summed E-state index contributed by atoms with van der Waals surface area (Å²) in [7, 11) is 0. The van der Waals surface area contributed by atoms with Crippen LogP contribution in [0, 0.1) is 0 Å². The van der Waals surface area contributed by atoms with Crippen molar-refractivity contribution in [3.8, 4) is 0 Å². The van der Waals surface area contributed by atoms with Crippen LogP contribution in [0.15, 0.2) is 41.0 Å². The summed E-state index contributed by atoms with van der Waals surface area (Å²) in [5, 5.41) is 9.00. The van der Waals surface area contributed by atoms with E-state index in [1.165, 1.54) is 0 Å². The summed E-state index contributed by atoms with van der Waals surface area (Å²) in [6, 6.07) is 9.52. The van der Waals surface area contributed by atoms with Crippen LogP contribution in [0.25, 0.3) is 5.57 Å². The summed E-state index contributed by atoms with van der Waals surface area (Å²) < 4.78 is 0. The molecule has 15 heavy (non-hydrogen) atoms. The number of hydrogen-bond acceptors (Lipinski definition) is 2. The molecule has 0 bridgehead atoms. The van der Waals surface area contributed by atoms with Gasteiger partial charge in [-0.2, -0.15) is 0 Å². The molecule has 0 radical (unpaired) electrons. The highest BCUT2D eigenvalue weighted by Crippen LogP contribution is 2.29. The van der Waals surface area contributed by atoms with Crippen LogP contribution >= 0.6 is 0 Å². The summed E-state index contributed by atoms with van der Waals surface area (Å²) in [6.45, 7) is 1.85. The summed E-state index contributed by atoms with van der Waals surface area (Å²) in [6.07, 6.45) is 0.631. The minimum Gasteiger partial charge on any atom is -0.477 e. The van der Waals surface area contributed by atoms with E-state index in [9.17, 15) is 4.79 Å². The van der Waals surface area contributed by atoms with Gasteiger partial charge in [-0.1, -0.05) is 30.3 Å². The third-order valence-electron chi connectivity index (χ3n) is 2.35. The number of carboxylic acid groups (broad SMARTS) is 1. The topological polar surface area (TPSA) is 49.7 Å². The Bertz CT molecular complexity index is 458. The van der Waals surface area contributed by atoms with Crippen molar-refractivity contribution in [2.24, 2.45) is 4.99 Å². The highest BCUT2D eigenvalue weighted by atomic mass is 16.4. The van der Waals surface area contributed by atoms with Crippen molar-refractivity contribution in [2.45, 2.75) is 13.3 Å². The molecule has 0 amide bonds. The van der Waals surface area contributed by atoms with Crippen LogP contribution in [-0.4, -0.2) is 16.8 Å². The molecule has 0 fully saturated rings. The fraction of sp³-hybridized carbons (Fsp3) is 0.167. The van der Waals surface area contributed by atoms with Crippen molar-refractivity contribution >= 4 is 17.3 Å². The number of aliphatic imine (C=N–C) groups is 1. The van der Waals surface area contributed by atoms with Gasteiger partial charge in [0.1, 0.15) is 0 Å². The maximum Gasteiger partial charge on any atom is 0.354 e. The van der Waals surface area contributed by atoms with Gasteiger partial charge in [0.15, 0.2) is 5.70 Å². The lowest BCUT2D eigenvalue weighted by Crippen LogP contribution is -1.98. The molecule has 2 rings (SSSR count). The van der Waals surface area contributed by atoms with Crippen LogP contribution < -0.4 is 0 Å². The number of hydrogen-bond donors (Lipinski definition) is 1. The van der Waals surface area contributed by atoms with Crippen molar-refractivity contribution in [3.05, 3.63) is 41.6 Å². The lowest BCUT2D eigenvalue weighted by molar-refractivity contribution is -0.132. The summed E-state index contributed by atoms with van der Waals surface area (Å²) in [5.41, 5.74) is 2.78. The van der Waals surface area contributed by atoms with Crippen molar-refractivity contribution in [2.75, 3.05) is 0 Å². The zero-order valence-corrected chi connectivity index (χ0v) is 8.40. The second kappa shape index (κ2) is 3.69. The highest BCUT2D eigenvalue weighted by Gasteiger charge is 2.21. The van der Waals surface area contributed by atoms with Gasteiger partial charge in [-0.15, -0.1) is 0 Å². The Morgan fingerprint density at radius 1 is 1.33 bits per heavy atom. The van der Waals surface area contributed by atoms with E-state index in [-0.39, 0.29) is 5.70 Å². The number of benzene rings is 1. The van der Waals surface area contributed by atoms with Gasteiger partial charge in [0.2, 0.25) is 0 Å². The van der Waals surface area contributed by atoms with Crippen molar-refractivity contribution in [3.63, 3.8) is 0 Å². The molecule has 0 saturated carbocycles. The van der Waals surface area contributed by atoms with Crippen LogP contribution in [0.5, 0.6) is 0 Å². The second-order valence-corrected chi connectivity index (χ2v) is 3.52. The Morgan fingerprint density at radius 2 is 2.00 bits per heavy atom. The number of aliphatic carboxylic acids is 1. The van der Waals surface area contributed by atoms with Gasteiger partial charge in [0.05, 0.1) is 0 Å². The molecule has 0 saturated heterocycles. The maximum atomic E-state index is 11.0. The molecule has 1 aliphatic rings. The molecule has 0 spiro atoms. The predicted molar refractivity (Wildman–Crippen MR) is 58.7 cm³/mol. The van der Waals surface area contributed by atoms with Crippen LogP contribution in [0.3, 0.4) is 0 Å². The molecule has 0 unspecified atom stereocenters. The Kier molecular flexibility index (Phi) is 2.37. The van der Waals surface area contributed by atoms with E-state index < -0.39 is 5.97 Å². The first-order valence-corrected chi connectivity index (χ1v) is 4.74. The third kappa shape index (κ3) is 1.81. The van der Waals surface area contributed by atoms with E-state index in [2.05, 4.69) is 4.99 Å². The standard InChI is InChI=1S/C12H11NO2/c1-8-7-10(11(13-8)12(14)15)9-5-3-2-4-6-9/h2-6H,7H2,1H3,(H,14,15). The van der Waals surface area contributed by atoms with Gasteiger partial charge in [-0.05, 0) is 18.1 Å². The zero-order chi connectivity index (χ0) is 10.8. The normalized spacial score (nSPS) is 15.4. The number of carboxylic acids is 1. The lowest BCUT2D eigenvalue weighted by Gasteiger charge is -2.02. The van der Waals surface area contributed by atoms with Crippen molar-refractivity contribution < 1.29 is 9.90 Å². The molecule has 3 nitrogen and oxygen atoms in total. The Balaban J connectivity index is 2.46. The predicted octanol–water partition coefficient (Wildman–Crippen LogP) is 2.35. The molecule has 3 heteroatoms. The molecule has 1 heterocycles. The first-order chi connectivity index (χ1) is 7.18. The van der Waals surface area contributed by atoms with Crippen LogP contribution in [0.1, 0.15) is 18.9 Å². The maximum absolute atomic E-state index is 11.0. The molecule has 0 atom stereocenters. The van der Waals surface area contributed by atoms with Gasteiger partial charge in [-0.3, -0.25) is 0 Å². The molecule has 0 aromatic heterocycles. The van der Waals surface area contributed by atoms with E-state index in [1.54, 1.807) is 0 Å². The fourth-order valence-corrected chi connectivity index (χ4v) is 1.69. The highest BCUT2D eigenvalue weighted by molar-refractivity contribution is 6.08. The third-order valence-corrected chi connectivity index (χ3v) is 2.35. The minimum absolute atomic E-state index is 0.179. The zero-order valence-electron chi connectivity index (χ0n) is 8.40. The Hall–Kier alpha value is -1.90. The monoisotopic (exact) mass is 201 g/mol. The van der Waals surface area contributed by atoms with Crippen LogP contribution in [-0.2, 0) is 4.79 Å². The van der Waals surface area contributed by atoms with Gasteiger partial charge in [0, 0.05) is 12.1 Å². The number of rotatable bonds is 2. The van der Waals surface area contributed by atoms with E-state index in [0.717, 1.165) is 16.8 Å². The van der Waals surface area contributed by atoms with E-state index in [4.69, 9.17) is 5.11 Å². The van der Waals surface area contributed by atoms with Gasteiger partial charge >= 0.3 is 5.97 Å². The minimum atomic E-state index is -0.953. The molecule has 1 aromatic rings. The quantitative estimate of drug-likeness (QED) is 0.798. The molecule has 0 aliphatic carbocycles. The lowest BCUT2D eigenvalue weighted by atomic mass is 10.0. The van der Waals surface area contributed by atoms with Crippen molar-refractivity contribution in [1.82, 2.24) is 0 Å². The number of nitrogens with zero attached hydrogens (tertiary/aromatic N) is 1. The molecule has 1 aromatic carbocycles. The smallest absolute Gasteiger partial charge is 0.354 e. The van der Waals surface area contributed by atoms with E-state index in [1.807, 2.05) is 37.3 Å². The SMILES string of the molecule is CC1=NC(C(=O)O)=C(c2ccccc2)C1. The van der Waals surface area contributed by atoms with E-state index in [0.29, 0.717) is 6.42 Å². The Morgan fingerprint density at radius 3 is 2.60 bits per heavy atom. The van der Waals surface area contributed by atoms with Crippen LogP contribution in [0.4, 0.5) is 0 Å². The average molecular weight is 201 g/mol. The molecular weight excluding hydrogens is 190 g/mol. The van der Waals surface area contributed by atoms with Gasteiger partial charge in [0.25, 0.3) is 0 Å². The summed E-state index contributed by atoms with van der Waals surface area (Å²) >= 11 is 0. The first-order valence-electron chi connectivity index (χ1n) is 4.74. The van der Waals surface area contributed by atoms with Gasteiger partial charge < -0.3 is 5.11 Å². The molecule has 1 N–H and O–H groups in total. The van der Waals surface area contributed by atoms with Crippen LogP contribution in [0.2, 0.25) is 0 Å². The molecular formula is C12H11NO2.